The summed E-state index contributed by atoms with van der Waals surface area (Å²) >= 11 is 0. The molecule has 0 aromatic heterocycles. The number of rotatable bonds is 25. The maximum absolute atomic E-state index is 9.60. The maximum atomic E-state index is 9.60. The summed E-state index contributed by atoms with van der Waals surface area (Å²) in [5.74, 6) is -0.935. The first-order valence-electron chi connectivity index (χ1n) is 22.3. The average Bonchev–Trinajstić information content (AvgIpc) is 3.25. The molecule has 8 atom stereocenters. The highest BCUT2D eigenvalue weighted by atomic mass is 16.4. The number of aliphatic hydroxyl groups excluding tert-OH is 16. The van der Waals surface area contributed by atoms with Crippen LogP contribution in [0, 0.1) is 0 Å². The standard InChI is InChI=1S/8C5H12O2.C4H6O2/c8*1-2-3-5(7)4-6;1-3(2)4(5)6/h8*5-7H,2-4H2,1H3;1H2,2H3,(H,5,6). The smallest absolute Gasteiger partial charge is 0.330 e. The summed E-state index contributed by atoms with van der Waals surface area (Å²) < 4.78 is 0. The number of hydrogen-bond donors (Lipinski definition) is 17. The summed E-state index contributed by atoms with van der Waals surface area (Å²) in [4.78, 5) is 9.60. The predicted molar refractivity (Wildman–Crippen MR) is 246 cm³/mol. The van der Waals surface area contributed by atoms with E-state index < -0.39 is 54.8 Å². The maximum Gasteiger partial charge on any atom is 0.330 e. The Labute approximate surface area is 375 Å². The summed E-state index contributed by atoms with van der Waals surface area (Å²) in [5.41, 5.74) is 0.176. The van der Waals surface area contributed by atoms with E-state index in [9.17, 15) is 4.79 Å². The van der Waals surface area contributed by atoms with Crippen molar-refractivity contribution < 1.29 is 91.6 Å². The van der Waals surface area contributed by atoms with Gasteiger partial charge in [-0.2, -0.15) is 0 Å². The molecule has 8 unspecified atom stereocenters. The van der Waals surface area contributed by atoms with Gasteiger partial charge in [-0.05, 0) is 58.3 Å². The summed E-state index contributed by atoms with van der Waals surface area (Å²) in [6.45, 7) is 19.5. The van der Waals surface area contributed by atoms with E-state index in [0.717, 1.165) is 51.4 Å². The van der Waals surface area contributed by atoms with Crippen molar-refractivity contribution in [3.63, 3.8) is 0 Å². The van der Waals surface area contributed by atoms with Crippen LogP contribution in [-0.2, 0) is 4.79 Å². The van der Waals surface area contributed by atoms with Crippen molar-refractivity contribution in [2.75, 3.05) is 52.9 Å². The van der Waals surface area contributed by atoms with Gasteiger partial charge in [0.2, 0.25) is 0 Å². The normalized spacial score (nSPS) is 13.5. The van der Waals surface area contributed by atoms with E-state index in [0.29, 0.717) is 51.4 Å². The van der Waals surface area contributed by atoms with Gasteiger partial charge in [0.25, 0.3) is 0 Å². The molecular weight excluding hydrogens is 816 g/mol. The van der Waals surface area contributed by atoms with Crippen molar-refractivity contribution in [3.05, 3.63) is 12.2 Å². The minimum atomic E-state index is -0.935. The van der Waals surface area contributed by atoms with Gasteiger partial charge in [0.1, 0.15) is 0 Å². The Bertz CT molecular complexity index is 599. The van der Waals surface area contributed by atoms with E-state index >= 15 is 0 Å². The molecule has 0 fully saturated rings. The number of carboxylic acid groups (broad SMARTS) is 1. The number of hydrogen-bond acceptors (Lipinski definition) is 17. The lowest BCUT2D eigenvalue weighted by atomic mass is 10.2. The summed E-state index contributed by atoms with van der Waals surface area (Å²) in [7, 11) is 0. The second-order valence-corrected chi connectivity index (χ2v) is 14.1. The van der Waals surface area contributed by atoms with Crippen molar-refractivity contribution >= 4 is 5.97 Å². The van der Waals surface area contributed by atoms with Gasteiger partial charge in [-0.3, -0.25) is 0 Å². The van der Waals surface area contributed by atoms with Crippen molar-refractivity contribution in [1.29, 1.82) is 0 Å². The lowest BCUT2D eigenvalue weighted by Crippen LogP contribution is -2.10. The minimum Gasteiger partial charge on any atom is -0.478 e. The number of carbonyl (C=O) groups is 1. The summed E-state index contributed by atoms with van der Waals surface area (Å²) in [5, 5.41) is 142. The second-order valence-electron chi connectivity index (χ2n) is 14.1. The quantitative estimate of drug-likeness (QED) is 0.0580. The van der Waals surface area contributed by atoms with E-state index in [1.54, 1.807) is 0 Å². The third-order valence-corrected chi connectivity index (χ3v) is 7.03. The molecule has 0 bridgehead atoms. The Morgan fingerprint density at radius 3 is 0.419 bits per heavy atom. The fourth-order valence-electron chi connectivity index (χ4n) is 3.40. The lowest BCUT2D eigenvalue weighted by molar-refractivity contribution is -0.132. The van der Waals surface area contributed by atoms with Crippen LogP contribution in [-0.4, -0.2) is 194 Å². The van der Waals surface area contributed by atoms with Crippen LogP contribution >= 0.6 is 0 Å². The van der Waals surface area contributed by atoms with E-state index in [1.165, 1.54) is 6.92 Å². The van der Waals surface area contributed by atoms with Gasteiger partial charge >= 0.3 is 5.97 Å². The molecule has 0 aliphatic rings. The molecule has 0 aliphatic carbocycles. The number of aliphatic hydroxyl groups is 16. The highest BCUT2D eigenvalue weighted by Gasteiger charge is 2.00. The van der Waals surface area contributed by atoms with E-state index in [-0.39, 0.29) is 58.4 Å². The first-order valence-corrected chi connectivity index (χ1v) is 22.3. The fraction of sp³-hybridized carbons (Fsp3) is 0.932. The Hall–Kier alpha value is -1.43. The van der Waals surface area contributed by atoms with E-state index in [4.69, 9.17) is 86.8 Å². The monoisotopic (exact) mass is 919 g/mol. The lowest BCUT2D eigenvalue weighted by Gasteiger charge is -2.01. The van der Waals surface area contributed by atoms with Gasteiger partial charge < -0.3 is 86.8 Å². The van der Waals surface area contributed by atoms with Gasteiger partial charge in [0.05, 0.1) is 102 Å². The molecule has 0 aliphatic heterocycles. The van der Waals surface area contributed by atoms with Crippen LogP contribution in [0.15, 0.2) is 12.2 Å². The van der Waals surface area contributed by atoms with Gasteiger partial charge in [-0.15, -0.1) is 0 Å². The first-order chi connectivity index (χ1) is 29.1. The zero-order valence-corrected chi connectivity index (χ0v) is 40.3. The largest absolute Gasteiger partial charge is 0.478 e. The SMILES string of the molecule is C=C(C)C(=O)O.CCCC(O)CO.CCCC(O)CO.CCCC(O)CO.CCCC(O)CO.CCCC(O)CO.CCCC(O)CO.CCCC(O)CO.CCCC(O)CO. The second kappa shape index (κ2) is 73.9. The van der Waals surface area contributed by atoms with Crippen LogP contribution in [0.2, 0.25) is 0 Å². The van der Waals surface area contributed by atoms with Crippen LogP contribution < -0.4 is 0 Å². The molecule has 0 rings (SSSR count). The Kier molecular flexibility index (Phi) is 96.4. The van der Waals surface area contributed by atoms with Crippen LogP contribution in [0.1, 0.15) is 165 Å². The Morgan fingerprint density at radius 2 is 0.403 bits per heavy atom. The molecule has 18 nitrogen and oxygen atoms in total. The topological polar surface area (TPSA) is 361 Å². The van der Waals surface area contributed by atoms with Crippen LogP contribution in [0.25, 0.3) is 0 Å². The average molecular weight is 919 g/mol. The molecule has 0 saturated heterocycles. The Morgan fingerprint density at radius 1 is 0.323 bits per heavy atom. The Balaban J connectivity index is -0.0000000728. The molecule has 386 valence electrons. The molecule has 0 aromatic rings. The molecule has 18 heteroatoms. The van der Waals surface area contributed by atoms with Crippen molar-refractivity contribution in [2.24, 2.45) is 0 Å². The molecule has 0 saturated carbocycles. The van der Waals surface area contributed by atoms with Crippen molar-refractivity contribution in [1.82, 2.24) is 0 Å². The van der Waals surface area contributed by atoms with Gasteiger partial charge in [-0.1, -0.05) is 113 Å². The third kappa shape index (κ3) is 107. The molecule has 0 spiro atoms. The predicted octanol–water partition coefficient (Wildman–Crippen LogP) is 1.76. The zero-order chi connectivity index (χ0) is 50.7. The van der Waals surface area contributed by atoms with Crippen LogP contribution in [0.5, 0.6) is 0 Å². The van der Waals surface area contributed by atoms with E-state index in [1.807, 2.05) is 55.4 Å². The highest BCUT2D eigenvalue weighted by Crippen LogP contribution is 1.96. The molecule has 0 radical (unpaired) electrons. The number of carboxylic acids is 1. The summed E-state index contributed by atoms with van der Waals surface area (Å²) in [6.07, 6.45) is 9.13. The molecule has 0 amide bonds. The zero-order valence-electron chi connectivity index (χ0n) is 40.3. The van der Waals surface area contributed by atoms with Crippen LogP contribution in [0.4, 0.5) is 0 Å². The first kappa shape index (κ1) is 80.8. The fourth-order valence-corrected chi connectivity index (χ4v) is 3.40. The van der Waals surface area contributed by atoms with Crippen molar-refractivity contribution in [3.8, 4) is 0 Å². The van der Waals surface area contributed by atoms with Gasteiger partial charge in [-0.25, -0.2) is 4.79 Å². The number of aliphatic carboxylic acids is 1. The van der Waals surface area contributed by atoms with Crippen LogP contribution in [0.3, 0.4) is 0 Å². The van der Waals surface area contributed by atoms with Gasteiger partial charge in [0.15, 0.2) is 0 Å². The van der Waals surface area contributed by atoms with Gasteiger partial charge in [0, 0.05) is 5.57 Å². The molecule has 0 aromatic carbocycles. The third-order valence-electron chi connectivity index (χ3n) is 7.03. The molecular formula is C44H102O18. The van der Waals surface area contributed by atoms with Crippen molar-refractivity contribution in [2.45, 2.75) is 214 Å². The highest BCUT2D eigenvalue weighted by molar-refractivity contribution is 5.84. The molecule has 17 N–H and O–H groups in total. The molecule has 62 heavy (non-hydrogen) atoms. The van der Waals surface area contributed by atoms with E-state index in [2.05, 4.69) is 6.58 Å². The molecule has 0 heterocycles. The summed E-state index contributed by atoms with van der Waals surface area (Å²) in [6, 6.07) is 0. The minimum absolute atomic E-state index is 0.103.